The summed E-state index contributed by atoms with van der Waals surface area (Å²) >= 11 is 0. The van der Waals surface area contributed by atoms with Crippen molar-refractivity contribution < 1.29 is 8.42 Å². The van der Waals surface area contributed by atoms with E-state index < -0.39 is 9.84 Å². The van der Waals surface area contributed by atoms with Crippen molar-refractivity contribution in [2.75, 3.05) is 5.75 Å². The summed E-state index contributed by atoms with van der Waals surface area (Å²) in [5, 5.41) is 0. The molecule has 0 bridgehead atoms. The molecule has 1 aromatic heterocycles. The Bertz CT molecular complexity index is 603. The fourth-order valence-electron chi connectivity index (χ4n) is 1.77. The number of rotatable bonds is 3. The lowest BCUT2D eigenvalue weighted by Crippen LogP contribution is -2.09. The number of allylic oxidation sites excluding steroid dienone is 1. The molecule has 1 atom stereocenters. The third-order valence-electron chi connectivity index (χ3n) is 2.88. The summed E-state index contributed by atoms with van der Waals surface area (Å²) in [5.41, 5.74) is 1.11. The Morgan fingerprint density at radius 3 is 2.83 bits per heavy atom. The minimum atomic E-state index is -3.27. The SMILES string of the molecule is CCS(=O)(=O)c1cccnc1C1=CCC(C)C=N1. The summed E-state index contributed by atoms with van der Waals surface area (Å²) in [6, 6.07) is 3.23. The fraction of sp³-hybridized carbons (Fsp3) is 0.385. The van der Waals surface area contributed by atoms with Gasteiger partial charge in [-0.25, -0.2) is 8.42 Å². The summed E-state index contributed by atoms with van der Waals surface area (Å²) in [7, 11) is -3.27. The van der Waals surface area contributed by atoms with Crippen LogP contribution in [0, 0.1) is 5.92 Å². The van der Waals surface area contributed by atoms with Crippen LogP contribution >= 0.6 is 0 Å². The normalized spacial score (nSPS) is 19.7. The van der Waals surface area contributed by atoms with Gasteiger partial charge < -0.3 is 0 Å². The predicted molar refractivity (Wildman–Crippen MR) is 72.2 cm³/mol. The molecule has 5 heteroatoms. The lowest BCUT2D eigenvalue weighted by Gasteiger charge is -2.13. The van der Waals surface area contributed by atoms with E-state index in [0.29, 0.717) is 17.3 Å². The maximum absolute atomic E-state index is 12.0. The topological polar surface area (TPSA) is 59.4 Å². The van der Waals surface area contributed by atoms with E-state index >= 15 is 0 Å². The molecule has 4 nitrogen and oxygen atoms in total. The van der Waals surface area contributed by atoms with Crippen molar-refractivity contribution in [2.24, 2.45) is 10.9 Å². The predicted octanol–water partition coefficient (Wildman–Crippen LogP) is 2.33. The second-order valence-electron chi connectivity index (χ2n) is 4.33. The van der Waals surface area contributed by atoms with Gasteiger partial charge in [0.15, 0.2) is 9.84 Å². The van der Waals surface area contributed by atoms with Crippen LogP contribution < -0.4 is 0 Å². The molecule has 0 amide bonds. The van der Waals surface area contributed by atoms with Gasteiger partial charge in [-0.1, -0.05) is 19.9 Å². The molecule has 0 aliphatic carbocycles. The fourth-order valence-corrected chi connectivity index (χ4v) is 2.81. The van der Waals surface area contributed by atoms with Gasteiger partial charge in [0, 0.05) is 12.4 Å². The number of aliphatic imine (C=N–C) groups is 1. The Hall–Kier alpha value is -1.49. The van der Waals surface area contributed by atoms with Crippen LogP contribution in [0.3, 0.4) is 0 Å². The molecule has 1 aliphatic heterocycles. The molecule has 2 heterocycles. The molecular formula is C13H16N2O2S. The highest BCUT2D eigenvalue weighted by Crippen LogP contribution is 2.26. The zero-order chi connectivity index (χ0) is 13.2. The summed E-state index contributed by atoms with van der Waals surface area (Å²) < 4.78 is 24.0. The Balaban J connectivity index is 2.50. The zero-order valence-electron chi connectivity index (χ0n) is 10.5. The van der Waals surface area contributed by atoms with Crippen LogP contribution in [0.4, 0.5) is 0 Å². The maximum atomic E-state index is 12.0. The summed E-state index contributed by atoms with van der Waals surface area (Å²) in [4.78, 5) is 8.75. The third-order valence-corrected chi connectivity index (χ3v) is 4.64. The number of hydrogen-bond donors (Lipinski definition) is 0. The van der Waals surface area contributed by atoms with E-state index in [4.69, 9.17) is 0 Å². The van der Waals surface area contributed by atoms with Gasteiger partial charge >= 0.3 is 0 Å². The van der Waals surface area contributed by atoms with Gasteiger partial charge in [0.2, 0.25) is 0 Å². The van der Waals surface area contributed by atoms with E-state index in [2.05, 4.69) is 16.9 Å². The first kappa shape index (κ1) is 13.0. The molecule has 0 saturated heterocycles. The Morgan fingerprint density at radius 1 is 1.44 bits per heavy atom. The van der Waals surface area contributed by atoms with E-state index in [1.807, 2.05) is 12.3 Å². The average Bonchev–Trinajstić information content (AvgIpc) is 2.40. The Labute approximate surface area is 107 Å². The van der Waals surface area contributed by atoms with Crippen molar-refractivity contribution in [2.45, 2.75) is 25.2 Å². The molecule has 18 heavy (non-hydrogen) atoms. The van der Waals surface area contributed by atoms with Gasteiger partial charge in [0.1, 0.15) is 5.69 Å². The molecule has 0 spiro atoms. The molecule has 0 saturated carbocycles. The molecule has 1 unspecified atom stereocenters. The van der Waals surface area contributed by atoms with Crippen LogP contribution in [0.15, 0.2) is 34.3 Å². The van der Waals surface area contributed by atoms with Gasteiger partial charge in [-0.3, -0.25) is 9.98 Å². The van der Waals surface area contributed by atoms with Crippen molar-refractivity contribution in [3.63, 3.8) is 0 Å². The van der Waals surface area contributed by atoms with Crippen molar-refractivity contribution in [3.05, 3.63) is 30.1 Å². The van der Waals surface area contributed by atoms with E-state index in [9.17, 15) is 8.42 Å². The summed E-state index contributed by atoms with van der Waals surface area (Å²) in [6.45, 7) is 3.70. The lowest BCUT2D eigenvalue weighted by atomic mass is 10.1. The second-order valence-corrected chi connectivity index (χ2v) is 6.58. The van der Waals surface area contributed by atoms with E-state index in [0.717, 1.165) is 6.42 Å². The van der Waals surface area contributed by atoms with Crippen LogP contribution in [0.5, 0.6) is 0 Å². The number of hydrogen-bond acceptors (Lipinski definition) is 4. The summed E-state index contributed by atoms with van der Waals surface area (Å²) in [5.74, 6) is 0.461. The minimum Gasteiger partial charge on any atom is -0.259 e. The molecule has 0 radical (unpaired) electrons. The first-order chi connectivity index (χ1) is 8.54. The maximum Gasteiger partial charge on any atom is 0.180 e. The van der Waals surface area contributed by atoms with Gasteiger partial charge in [0.25, 0.3) is 0 Å². The van der Waals surface area contributed by atoms with E-state index in [-0.39, 0.29) is 10.6 Å². The highest BCUT2D eigenvalue weighted by atomic mass is 32.2. The molecule has 0 aromatic carbocycles. The van der Waals surface area contributed by atoms with Gasteiger partial charge in [-0.15, -0.1) is 0 Å². The quantitative estimate of drug-likeness (QED) is 0.841. The second kappa shape index (κ2) is 5.02. The summed E-state index contributed by atoms with van der Waals surface area (Å²) in [6.07, 6.45) is 6.24. The monoisotopic (exact) mass is 264 g/mol. The molecule has 1 aliphatic rings. The van der Waals surface area contributed by atoms with Crippen molar-refractivity contribution in [3.8, 4) is 0 Å². The van der Waals surface area contributed by atoms with Gasteiger partial charge in [-0.05, 0) is 24.5 Å². The van der Waals surface area contributed by atoms with Gasteiger partial charge in [0.05, 0.1) is 16.3 Å². The molecule has 0 fully saturated rings. The van der Waals surface area contributed by atoms with Gasteiger partial charge in [-0.2, -0.15) is 0 Å². The van der Waals surface area contributed by atoms with Crippen LogP contribution in [-0.4, -0.2) is 25.4 Å². The Kier molecular flexibility index (Phi) is 3.61. The highest BCUT2D eigenvalue weighted by molar-refractivity contribution is 7.91. The smallest absolute Gasteiger partial charge is 0.180 e. The van der Waals surface area contributed by atoms with E-state index in [1.165, 1.54) is 0 Å². The first-order valence-electron chi connectivity index (χ1n) is 5.97. The lowest BCUT2D eigenvalue weighted by molar-refractivity contribution is 0.596. The molecule has 0 N–H and O–H groups in total. The van der Waals surface area contributed by atoms with Crippen molar-refractivity contribution in [1.29, 1.82) is 0 Å². The highest BCUT2D eigenvalue weighted by Gasteiger charge is 2.20. The molecular weight excluding hydrogens is 248 g/mol. The number of nitrogens with zero attached hydrogens (tertiary/aromatic N) is 2. The molecule has 1 aromatic rings. The van der Waals surface area contributed by atoms with Crippen LogP contribution in [0.2, 0.25) is 0 Å². The van der Waals surface area contributed by atoms with Crippen LogP contribution in [0.25, 0.3) is 5.70 Å². The van der Waals surface area contributed by atoms with Crippen molar-refractivity contribution >= 4 is 21.7 Å². The molecule has 2 rings (SSSR count). The number of aromatic nitrogens is 1. The largest absolute Gasteiger partial charge is 0.259 e. The van der Waals surface area contributed by atoms with E-state index in [1.54, 1.807) is 25.3 Å². The zero-order valence-corrected chi connectivity index (χ0v) is 11.3. The third kappa shape index (κ3) is 2.51. The average molecular weight is 264 g/mol. The Morgan fingerprint density at radius 2 is 2.22 bits per heavy atom. The first-order valence-corrected chi connectivity index (χ1v) is 7.62. The van der Waals surface area contributed by atoms with Crippen LogP contribution in [-0.2, 0) is 9.84 Å². The van der Waals surface area contributed by atoms with Crippen molar-refractivity contribution in [1.82, 2.24) is 4.98 Å². The number of pyridine rings is 1. The standard InChI is InChI=1S/C13H16N2O2S/c1-3-18(16,17)12-5-4-8-14-13(12)11-7-6-10(2)9-15-11/h4-5,7-10H,3,6H2,1-2H3. The minimum absolute atomic E-state index is 0.0685. The number of sulfone groups is 1. The molecule has 96 valence electrons. The van der Waals surface area contributed by atoms with Crippen LogP contribution in [0.1, 0.15) is 26.0 Å².